The molecule has 6 nitrogen and oxygen atoms in total. The van der Waals surface area contributed by atoms with Crippen molar-refractivity contribution in [3.8, 4) is 0 Å². The van der Waals surface area contributed by atoms with Crippen LogP contribution in [0.4, 0.5) is 5.13 Å². The van der Waals surface area contributed by atoms with E-state index in [4.69, 9.17) is 5.11 Å². The first-order valence-corrected chi connectivity index (χ1v) is 8.67. The number of hydrogen-bond acceptors (Lipinski definition) is 5. The second-order valence-corrected chi connectivity index (χ2v) is 8.68. The van der Waals surface area contributed by atoms with E-state index in [9.17, 15) is 13.2 Å². The number of aromatic nitrogens is 1. The Labute approximate surface area is 126 Å². The molecular weight excluding hydrogens is 312 g/mol. The smallest absolute Gasteiger partial charge is 0.335 e. The van der Waals surface area contributed by atoms with E-state index in [0.29, 0.717) is 10.2 Å². The van der Waals surface area contributed by atoms with Crippen LogP contribution < -0.4 is 4.72 Å². The molecule has 0 aliphatic rings. The Bertz CT molecular complexity index is 788. The Morgan fingerprint density at radius 1 is 1.38 bits per heavy atom. The maximum atomic E-state index is 12.0. The largest absolute Gasteiger partial charge is 0.478 e. The molecule has 2 N–H and O–H groups in total. The van der Waals surface area contributed by atoms with Crippen molar-refractivity contribution in [3.05, 3.63) is 23.8 Å². The minimum atomic E-state index is -3.48. The SMILES string of the molecule is CC(C)(C)CS(=O)(=O)Nc1nc2ccc(C(=O)O)cc2s1. The molecule has 0 radical (unpaired) electrons. The zero-order valence-corrected chi connectivity index (χ0v) is 13.5. The highest BCUT2D eigenvalue weighted by Crippen LogP contribution is 2.28. The van der Waals surface area contributed by atoms with Gasteiger partial charge < -0.3 is 5.11 Å². The zero-order chi connectivity index (χ0) is 15.8. The first-order chi connectivity index (χ1) is 9.56. The Morgan fingerprint density at radius 3 is 2.62 bits per heavy atom. The summed E-state index contributed by atoms with van der Waals surface area (Å²) in [5.41, 5.74) is 0.354. The summed E-state index contributed by atoms with van der Waals surface area (Å²) in [6, 6.07) is 4.49. The van der Waals surface area contributed by atoms with Crippen LogP contribution in [-0.4, -0.2) is 30.2 Å². The van der Waals surface area contributed by atoms with Gasteiger partial charge in [0.05, 0.1) is 21.5 Å². The lowest BCUT2D eigenvalue weighted by molar-refractivity contribution is 0.0697. The van der Waals surface area contributed by atoms with Gasteiger partial charge in [0.25, 0.3) is 0 Å². The molecule has 0 spiro atoms. The molecule has 114 valence electrons. The molecule has 0 fully saturated rings. The summed E-state index contributed by atoms with van der Waals surface area (Å²) in [5.74, 6) is -1.05. The molecule has 0 saturated heterocycles. The van der Waals surface area contributed by atoms with Crippen molar-refractivity contribution in [2.75, 3.05) is 10.5 Å². The van der Waals surface area contributed by atoms with Crippen molar-refractivity contribution in [1.29, 1.82) is 0 Å². The highest BCUT2D eigenvalue weighted by Gasteiger charge is 2.22. The molecular formula is C13H16N2O4S2. The predicted octanol–water partition coefficient (Wildman–Crippen LogP) is 2.78. The van der Waals surface area contributed by atoms with E-state index in [1.807, 2.05) is 20.8 Å². The third-order valence-electron chi connectivity index (χ3n) is 2.50. The average molecular weight is 328 g/mol. The van der Waals surface area contributed by atoms with Crippen LogP contribution in [-0.2, 0) is 10.0 Å². The lowest BCUT2D eigenvalue weighted by Crippen LogP contribution is -2.26. The second kappa shape index (κ2) is 5.27. The van der Waals surface area contributed by atoms with Crippen molar-refractivity contribution in [1.82, 2.24) is 4.98 Å². The highest BCUT2D eigenvalue weighted by atomic mass is 32.2. The number of nitrogens with one attached hydrogen (secondary N) is 1. The molecule has 2 aromatic rings. The van der Waals surface area contributed by atoms with Gasteiger partial charge in [0.1, 0.15) is 0 Å². The van der Waals surface area contributed by atoms with Gasteiger partial charge in [0.15, 0.2) is 5.13 Å². The van der Waals surface area contributed by atoms with Crippen molar-refractivity contribution in [3.63, 3.8) is 0 Å². The predicted molar refractivity (Wildman–Crippen MR) is 83.4 cm³/mol. The summed E-state index contributed by atoms with van der Waals surface area (Å²) < 4.78 is 27.1. The van der Waals surface area contributed by atoms with Gasteiger partial charge in [0, 0.05) is 0 Å². The molecule has 0 aliphatic heterocycles. The molecule has 0 bridgehead atoms. The topological polar surface area (TPSA) is 96.4 Å². The van der Waals surface area contributed by atoms with Gasteiger partial charge in [-0.1, -0.05) is 32.1 Å². The second-order valence-electron chi connectivity index (χ2n) is 5.93. The number of benzene rings is 1. The fraction of sp³-hybridized carbons (Fsp3) is 0.385. The number of thiazole rings is 1. The molecule has 1 aromatic heterocycles. The third kappa shape index (κ3) is 4.15. The van der Waals surface area contributed by atoms with Gasteiger partial charge in [-0.15, -0.1) is 0 Å². The first kappa shape index (κ1) is 15.7. The molecule has 0 unspecified atom stereocenters. The summed E-state index contributed by atoms with van der Waals surface area (Å²) in [7, 11) is -3.48. The van der Waals surface area contributed by atoms with E-state index in [2.05, 4.69) is 9.71 Å². The molecule has 0 aliphatic carbocycles. The number of carboxylic acid groups (broad SMARTS) is 1. The van der Waals surface area contributed by atoms with Crippen LogP contribution in [0, 0.1) is 5.41 Å². The van der Waals surface area contributed by atoms with Crippen molar-refractivity contribution < 1.29 is 18.3 Å². The average Bonchev–Trinajstić information content (AvgIpc) is 2.64. The van der Waals surface area contributed by atoms with Crippen molar-refractivity contribution in [2.45, 2.75) is 20.8 Å². The number of anilines is 1. The van der Waals surface area contributed by atoms with Gasteiger partial charge in [-0.2, -0.15) is 0 Å². The van der Waals surface area contributed by atoms with Crippen LogP contribution in [0.15, 0.2) is 18.2 Å². The van der Waals surface area contributed by atoms with Gasteiger partial charge in [0.2, 0.25) is 10.0 Å². The van der Waals surface area contributed by atoms with Crippen LogP contribution >= 0.6 is 11.3 Å². The maximum Gasteiger partial charge on any atom is 0.335 e. The Kier molecular flexibility index (Phi) is 3.94. The Morgan fingerprint density at radius 2 is 2.05 bits per heavy atom. The van der Waals surface area contributed by atoms with E-state index < -0.39 is 16.0 Å². The van der Waals surface area contributed by atoms with Gasteiger partial charge in [-0.3, -0.25) is 4.72 Å². The van der Waals surface area contributed by atoms with Gasteiger partial charge >= 0.3 is 5.97 Å². The van der Waals surface area contributed by atoms with Crippen LogP contribution in [0.1, 0.15) is 31.1 Å². The Balaban J connectivity index is 2.30. The first-order valence-electron chi connectivity index (χ1n) is 6.20. The summed E-state index contributed by atoms with van der Waals surface area (Å²) >= 11 is 1.12. The molecule has 0 saturated carbocycles. The van der Waals surface area contributed by atoms with E-state index in [1.54, 1.807) is 6.07 Å². The number of fused-ring (bicyclic) bond motifs is 1. The monoisotopic (exact) mass is 328 g/mol. The molecule has 21 heavy (non-hydrogen) atoms. The van der Waals surface area contributed by atoms with Crippen LogP contribution in [0.3, 0.4) is 0 Å². The van der Waals surface area contributed by atoms with Crippen LogP contribution in [0.5, 0.6) is 0 Å². The number of aromatic carboxylic acids is 1. The molecule has 2 rings (SSSR count). The van der Waals surface area contributed by atoms with E-state index >= 15 is 0 Å². The fourth-order valence-electron chi connectivity index (χ4n) is 1.84. The minimum Gasteiger partial charge on any atom is -0.478 e. The lowest BCUT2D eigenvalue weighted by atomic mass is 10.0. The number of nitrogens with zero attached hydrogens (tertiary/aromatic N) is 1. The minimum absolute atomic E-state index is 0.0176. The summed E-state index contributed by atoms with van der Waals surface area (Å²) in [6.07, 6.45) is 0. The standard InChI is InChI=1S/C13H16N2O4S2/c1-13(2,3)7-21(18,19)15-12-14-9-5-4-8(11(16)17)6-10(9)20-12/h4-6H,7H2,1-3H3,(H,14,15)(H,16,17). The molecule has 0 atom stereocenters. The molecule has 1 aromatic carbocycles. The number of rotatable bonds is 4. The fourth-order valence-corrected chi connectivity index (χ4v) is 4.67. The number of carboxylic acids is 1. The highest BCUT2D eigenvalue weighted by molar-refractivity contribution is 7.92. The Hall–Kier alpha value is -1.67. The number of hydrogen-bond donors (Lipinski definition) is 2. The van der Waals surface area contributed by atoms with Crippen molar-refractivity contribution in [2.24, 2.45) is 5.41 Å². The van der Waals surface area contributed by atoms with E-state index in [1.165, 1.54) is 12.1 Å². The molecule has 8 heteroatoms. The number of sulfonamides is 1. The van der Waals surface area contributed by atoms with E-state index in [-0.39, 0.29) is 21.9 Å². The van der Waals surface area contributed by atoms with Gasteiger partial charge in [-0.25, -0.2) is 18.2 Å². The normalized spacial score (nSPS) is 12.5. The zero-order valence-electron chi connectivity index (χ0n) is 11.9. The summed E-state index contributed by atoms with van der Waals surface area (Å²) in [6.45, 7) is 5.51. The quantitative estimate of drug-likeness (QED) is 0.899. The van der Waals surface area contributed by atoms with E-state index in [0.717, 1.165) is 11.3 Å². The summed E-state index contributed by atoms with van der Waals surface area (Å²) in [4.78, 5) is 15.1. The molecule has 1 heterocycles. The van der Waals surface area contributed by atoms with Gasteiger partial charge in [-0.05, 0) is 23.6 Å². The van der Waals surface area contributed by atoms with Crippen LogP contribution in [0.25, 0.3) is 10.2 Å². The summed E-state index contributed by atoms with van der Waals surface area (Å²) in [5, 5.41) is 9.18. The lowest BCUT2D eigenvalue weighted by Gasteiger charge is -2.17. The maximum absolute atomic E-state index is 12.0. The molecule has 0 amide bonds. The van der Waals surface area contributed by atoms with Crippen molar-refractivity contribution >= 4 is 42.7 Å². The third-order valence-corrected chi connectivity index (χ3v) is 5.31. The number of carbonyl (C=O) groups is 1. The van der Waals surface area contributed by atoms with Crippen LogP contribution in [0.2, 0.25) is 0 Å².